The lowest BCUT2D eigenvalue weighted by molar-refractivity contribution is 0.0660. The fourth-order valence-electron chi connectivity index (χ4n) is 2.85. The summed E-state index contributed by atoms with van der Waals surface area (Å²) in [7, 11) is 7.91. The Labute approximate surface area is 127 Å². The molecule has 0 saturated carbocycles. The third kappa shape index (κ3) is 3.47. The molecule has 0 radical (unpaired) electrons. The summed E-state index contributed by atoms with van der Waals surface area (Å²) in [6.45, 7) is 2.08. The van der Waals surface area contributed by atoms with Crippen molar-refractivity contribution in [3.05, 3.63) is 23.8 Å². The molecule has 0 unspecified atom stereocenters. The summed E-state index contributed by atoms with van der Waals surface area (Å²) in [6, 6.07) is 5.83. The maximum atomic E-state index is 12.8. The molecule has 5 nitrogen and oxygen atoms in total. The van der Waals surface area contributed by atoms with Crippen molar-refractivity contribution in [3.8, 4) is 0 Å². The predicted octanol–water partition coefficient (Wildman–Crippen LogP) is 1.50. The average molecular weight is 290 g/mol. The van der Waals surface area contributed by atoms with Crippen LogP contribution in [0, 0.1) is 0 Å². The Bertz CT molecular complexity index is 507. The van der Waals surface area contributed by atoms with Gasteiger partial charge < -0.3 is 20.4 Å². The van der Waals surface area contributed by atoms with E-state index < -0.39 is 0 Å². The second kappa shape index (κ2) is 6.35. The van der Waals surface area contributed by atoms with Gasteiger partial charge in [-0.05, 0) is 51.2 Å². The molecule has 1 aromatic rings. The lowest BCUT2D eigenvalue weighted by Crippen LogP contribution is -2.44. The number of anilines is 2. The molecule has 0 bridgehead atoms. The molecule has 21 heavy (non-hydrogen) atoms. The van der Waals surface area contributed by atoms with Gasteiger partial charge >= 0.3 is 0 Å². The molecule has 0 spiro atoms. The van der Waals surface area contributed by atoms with Crippen LogP contribution in [0.15, 0.2) is 18.2 Å². The van der Waals surface area contributed by atoms with E-state index in [1.54, 1.807) is 6.07 Å². The lowest BCUT2D eigenvalue weighted by Gasteiger charge is -2.35. The molecule has 1 fully saturated rings. The number of benzene rings is 1. The summed E-state index contributed by atoms with van der Waals surface area (Å²) in [5.41, 5.74) is 8.08. The van der Waals surface area contributed by atoms with E-state index in [-0.39, 0.29) is 5.91 Å². The zero-order valence-electron chi connectivity index (χ0n) is 13.5. The van der Waals surface area contributed by atoms with Crippen LogP contribution < -0.4 is 10.6 Å². The molecule has 1 amide bonds. The number of hydrogen-bond donors (Lipinski definition) is 1. The first-order chi connectivity index (χ1) is 9.90. The number of hydrogen-bond acceptors (Lipinski definition) is 4. The molecule has 0 aliphatic carbocycles. The molecule has 0 atom stereocenters. The zero-order valence-corrected chi connectivity index (χ0v) is 13.5. The second-order valence-corrected chi connectivity index (χ2v) is 6.12. The number of nitrogens with two attached hydrogens (primary N) is 1. The van der Waals surface area contributed by atoms with Crippen molar-refractivity contribution >= 4 is 17.3 Å². The topological polar surface area (TPSA) is 52.8 Å². The van der Waals surface area contributed by atoms with Crippen molar-refractivity contribution in [2.75, 3.05) is 51.9 Å². The van der Waals surface area contributed by atoms with Crippen LogP contribution in [0.25, 0.3) is 0 Å². The third-order valence-electron chi connectivity index (χ3n) is 4.29. The van der Waals surface area contributed by atoms with Crippen LogP contribution >= 0.6 is 0 Å². The summed E-state index contributed by atoms with van der Waals surface area (Å²) >= 11 is 0. The van der Waals surface area contributed by atoms with E-state index in [0.29, 0.717) is 17.3 Å². The summed E-state index contributed by atoms with van der Waals surface area (Å²) in [5, 5.41) is 0. The minimum atomic E-state index is 0.0561. The SMILES string of the molecule is CN1CCC(N(C)C(=O)c2cc(N)ccc2N(C)C)CC1. The zero-order chi connectivity index (χ0) is 15.6. The first-order valence-corrected chi connectivity index (χ1v) is 7.42. The molecule has 1 aliphatic rings. The quantitative estimate of drug-likeness (QED) is 0.857. The largest absolute Gasteiger partial charge is 0.399 e. The van der Waals surface area contributed by atoms with Gasteiger partial charge in [-0.1, -0.05) is 0 Å². The molecule has 1 heterocycles. The monoisotopic (exact) mass is 290 g/mol. The van der Waals surface area contributed by atoms with Crippen LogP contribution in [0.4, 0.5) is 11.4 Å². The van der Waals surface area contributed by atoms with Crippen LogP contribution in [0.3, 0.4) is 0 Å². The van der Waals surface area contributed by atoms with E-state index in [0.717, 1.165) is 31.6 Å². The molecule has 0 aromatic heterocycles. The molecule has 5 heteroatoms. The van der Waals surface area contributed by atoms with Gasteiger partial charge in [0.05, 0.1) is 5.56 Å². The number of likely N-dealkylation sites (tertiary alicyclic amines) is 1. The van der Waals surface area contributed by atoms with Crippen molar-refractivity contribution in [1.29, 1.82) is 0 Å². The Morgan fingerprint density at radius 3 is 2.43 bits per heavy atom. The first kappa shape index (κ1) is 15.6. The van der Waals surface area contributed by atoms with Crippen LogP contribution in [-0.2, 0) is 0 Å². The van der Waals surface area contributed by atoms with Crippen LogP contribution in [0.5, 0.6) is 0 Å². The van der Waals surface area contributed by atoms with Crippen molar-refractivity contribution in [3.63, 3.8) is 0 Å². The Morgan fingerprint density at radius 1 is 1.24 bits per heavy atom. The molecular formula is C16H26N4O. The van der Waals surface area contributed by atoms with Gasteiger partial charge in [0.25, 0.3) is 5.91 Å². The highest BCUT2D eigenvalue weighted by atomic mass is 16.2. The maximum Gasteiger partial charge on any atom is 0.256 e. The predicted molar refractivity (Wildman–Crippen MR) is 87.8 cm³/mol. The molecular weight excluding hydrogens is 264 g/mol. The number of carbonyl (C=O) groups is 1. The summed E-state index contributed by atoms with van der Waals surface area (Å²) in [6.07, 6.45) is 2.05. The molecule has 1 saturated heterocycles. The van der Waals surface area contributed by atoms with Crippen molar-refractivity contribution in [2.24, 2.45) is 0 Å². The average Bonchev–Trinajstić information content (AvgIpc) is 2.46. The third-order valence-corrected chi connectivity index (χ3v) is 4.29. The van der Waals surface area contributed by atoms with Gasteiger partial charge in [0.2, 0.25) is 0 Å². The molecule has 2 N–H and O–H groups in total. The fourth-order valence-corrected chi connectivity index (χ4v) is 2.85. The van der Waals surface area contributed by atoms with Crippen LogP contribution in [0.1, 0.15) is 23.2 Å². The molecule has 2 rings (SSSR count). The van der Waals surface area contributed by atoms with E-state index in [2.05, 4.69) is 11.9 Å². The van der Waals surface area contributed by atoms with Crippen molar-refractivity contribution in [1.82, 2.24) is 9.80 Å². The molecule has 1 aliphatic heterocycles. The van der Waals surface area contributed by atoms with Gasteiger partial charge in [0, 0.05) is 38.6 Å². The number of nitrogens with zero attached hydrogens (tertiary/aromatic N) is 3. The van der Waals surface area contributed by atoms with E-state index in [1.807, 2.05) is 43.1 Å². The Kier molecular flexibility index (Phi) is 4.73. The van der Waals surface area contributed by atoms with Crippen LogP contribution in [0.2, 0.25) is 0 Å². The van der Waals surface area contributed by atoms with Crippen molar-refractivity contribution < 1.29 is 4.79 Å². The minimum Gasteiger partial charge on any atom is -0.399 e. The van der Waals surface area contributed by atoms with Gasteiger partial charge in [-0.15, -0.1) is 0 Å². The number of carbonyl (C=O) groups excluding carboxylic acids is 1. The van der Waals surface area contributed by atoms with Gasteiger partial charge in [-0.2, -0.15) is 0 Å². The highest BCUT2D eigenvalue weighted by Crippen LogP contribution is 2.25. The van der Waals surface area contributed by atoms with E-state index in [1.165, 1.54) is 0 Å². The Morgan fingerprint density at radius 2 is 1.86 bits per heavy atom. The first-order valence-electron chi connectivity index (χ1n) is 7.42. The van der Waals surface area contributed by atoms with Crippen LogP contribution in [-0.4, -0.2) is 63.0 Å². The Hall–Kier alpha value is -1.75. The molecule has 1 aromatic carbocycles. The van der Waals surface area contributed by atoms with Gasteiger partial charge in [0.15, 0.2) is 0 Å². The minimum absolute atomic E-state index is 0.0561. The number of amides is 1. The lowest BCUT2D eigenvalue weighted by atomic mass is 10.0. The fraction of sp³-hybridized carbons (Fsp3) is 0.562. The number of rotatable bonds is 3. The summed E-state index contributed by atoms with van der Waals surface area (Å²) in [5.74, 6) is 0.0561. The van der Waals surface area contributed by atoms with Gasteiger partial charge in [-0.3, -0.25) is 4.79 Å². The second-order valence-electron chi connectivity index (χ2n) is 6.12. The van der Waals surface area contributed by atoms with E-state index >= 15 is 0 Å². The number of piperidine rings is 1. The standard InChI is InChI=1S/C16H26N4O/c1-18(2)15-6-5-12(17)11-14(15)16(21)20(4)13-7-9-19(3)10-8-13/h5-6,11,13H,7-10,17H2,1-4H3. The summed E-state index contributed by atoms with van der Waals surface area (Å²) < 4.78 is 0. The smallest absolute Gasteiger partial charge is 0.256 e. The molecule has 116 valence electrons. The Balaban J connectivity index is 2.21. The van der Waals surface area contributed by atoms with Crippen molar-refractivity contribution in [2.45, 2.75) is 18.9 Å². The normalized spacial score (nSPS) is 16.8. The van der Waals surface area contributed by atoms with E-state index in [4.69, 9.17) is 5.73 Å². The highest BCUT2D eigenvalue weighted by Gasteiger charge is 2.26. The summed E-state index contributed by atoms with van der Waals surface area (Å²) in [4.78, 5) is 19.0. The maximum absolute atomic E-state index is 12.8. The number of nitrogen functional groups attached to an aromatic ring is 1. The highest BCUT2D eigenvalue weighted by molar-refractivity contribution is 6.00. The van der Waals surface area contributed by atoms with E-state index in [9.17, 15) is 4.79 Å². The van der Waals surface area contributed by atoms with Gasteiger partial charge in [-0.25, -0.2) is 0 Å². The van der Waals surface area contributed by atoms with Gasteiger partial charge in [0.1, 0.15) is 0 Å².